The van der Waals surface area contributed by atoms with Crippen molar-refractivity contribution < 1.29 is 40.1 Å². The van der Waals surface area contributed by atoms with Crippen LogP contribution in [0.1, 0.15) is 34.6 Å². The summed E-state index contributed by atoms with van der Waals surface area (Å²) in [7, 11) is -4.87. The van der Waals surface area contributed by atoms with Crippen molar-refractivity contribution in [3.05, 3.63) is 29.3 Å². The number of hydrogen-bond acceptors (Lipinski definition) is 6. The largest absolute Gasteiger partial charge is 0.419 e. The standard InChI is InChI=1S/C8H4F4O5S2.C8H19N/c9-3-1-4(10)7(12)8(6(3)11)17-5(13)2-18-19(14,15)16;1-6-9(7(2)3)8(4)5/h1H,2H2,(H,14,15,16);7-8H,6H2,1-5H3. The summed E-state index contributed by atoms with van der Waals surface area (Å²) in [5.74, 6) is -11.6. The van der Waals surface area contributed by atoms with Gasteiger partial charge in [-0.05, 0) is 34.2 Å². The van der Waals surface area contributed by atoms with Crippen LogP contribution in [0.5, 0.6) is 5.75 Å². The molecule has 0 fully saturated rings. The van der Waals surface area contributed by atoms with Crippen LogP contribution in [0.15, 0.2) is 6.07 Å². The maximum atomic E-state index is 13.0. The number of rotatable bonds is 7. The van der Waals surface area contributed by atoms with E-state index in [1.54, 1.807) is 0 Å². The molecular formula is C16H23F4NO5S2. The van der Waals surface area contributed by atoms with Crippen LogP contribution in [0.4, 0.5) is 17.6 Å². The first-order chi connectivity index (χ1) is 12.7. The lowest BCUT2D eigenvalue weighted by atomic mass is 10.2. The Kier molecular flexibility index (Phi) is 11.0. The molecule has 162 valence electrons. The smallest absolute Gasteiger partial charge is 0.322 e. The maximum absolute atomic E-state index is 13.0. The molecule has 0 atom stereocenters. The molecule has 0 radical (unpaired) electrons. The molecule has 0 aliphatic carbocycles. The number of carbonyl (C=O) groups is 1. The van der Waals surface area contributed by atoms with Gasteiger partial charge in [-0.1, -0.05) is 6.92 Å². The van der Waals surface area contributed by atoms with Gasteiger partial charge in [-0.25, -0.2) is 8.78 Å². The van der Waals surface area contributed by atoms with Crippen molar-refractivity contribution in [3.8, 4) is 5.75 Å². The van der Waals surface area contributed by atoms with E-state index in [1.165, 1.54) is 0 Å². The van der Waals surface area contributed by atoms with Crippen LogP contribution in [-0.2, 0) is 13.9 Å². The zero-order valence-electron chi connectivity index (χ0n) is 16.0. The number of nitrogens with zero attached hydrogens (tertiary/aromatic N) is 1. The fraction of sp³-hybridized carbons (Fsp3) is 0.562. The van der Waals surface area contributed by atoms with E-state index in [-0.39, 0.29) is 16.9 Å². The summed E-state index contributed by atoms with van der Waals surface area (Å²) in [6.07, 6.45) is 0. The van der Waals surface area contributed by atoms with Gasteiger partial charge in [0.15, 0.2) is 11.6 Å². The molecule has 0 bridgehead atoms. The summed E-state index contributed by atoms with van der Waals surface area (Å²) >= 11 is 0. The van der Waals surface area contributed by atoms with Crippen molar-refractivity contribution in [3.63, 3.8) is 0 Å². The first-order valence-corrected chi connectivity index (χ1v) is 11.1. The lowest BCUT2D eigenvalue weighted by Crippen LogP contribution is -2.36. The highest BCUT2D eigenvalue weighted by Gasteiger charge is 2.23. The second kappa shape index (κ2) is 11.6. The average Bonchev–Trinajstić information content (AvgIpc) is 2.55. The van der Waals surface area contributed by atoms with Crippen LogP contribution in [0.2, 0.25) is 0 Å². The number of carbonyl (C=O) groups excluding carboxylic acids is 1. The van der Waals surface area contributed by atoms with E-state index in [1.807, 2.05) is 0 Å². The van der Waals surface area contributed by atoms with E-state index in [9.17, 15) is 30.8 Å². The zero-order chi connectivity index (χ0) is 22.2. The van der Waals surface area contributed by atoms with Crippen LogP contribution in [-0.4, -0.2) is 48.2 Å². The van der Waals surface area contributed by atoms with Gasteiger partial charge in [-0.15, -0.1) is 0 Å². The van der Waals surface area contributed by atoms with Crippen LogP contribution in [0.3, 0.4) is 0 Å². The van der Waals surface area contributed by atoms with E-state index < -0.39 is 49.9 Å². The van der Waals surface area contributed by atoms with Crippen molar-refractivity contribution in [2.75, 3.05) is 12.3 Å². The predicted octanol–water partition coefficient (Wildman–Crippen LogP) is 3.81. The van der Waals surface area contributed by atoms with Crippen LogP contribution < -0.4 is 4.74 Å². The van der Waals surface area contributed by atoms with E-state index in [0.29, 0.717) is 12.1 Å². The highest BCUT2D eigenvalue weighted by molar-refractivity contribution is 8.70. The van der Waals surface area contributed by atoms with Crippen molar-refractivity contribution in [1.29, 1.82) is 0 Å². The monoisotopic (exact) mass is 449 g/mol. The molecule has 28 heavy (non-hydrogen) atoms. The third-order valence-corrected chi connectivity index (χ3v) is 5.20. The molecule has 0 spiro atoms. The molecule has 1 aromatic rings. The third-order valence-electron chi connectivity index (χ3n) is 3.30. The van der Waals surface area contributed by atoms with Crippen molar-refractivity contribution in [2.24, 2.45) is 0 Å². The molecule has 1 rings (SSSR count). The second-order valence-corrected chi connectivity index (χ2v) is 9.33. The Hall–Kier alpha value is -1.37. The predicted molar refractivity (Wildman–Crippen MR) is 98.6 cm³/mol. The number of ether oxygens (including phenoxy) is 1. The Labute approximate surface area is 165 Å². The molecule has 0 saturated carbocycles. The van der Waals surface area contributed by atoms with Crippen molar-refractivity contribution >= 4 is 25.9 Å². The summed E-state index contributed by atoms with van der Waals surface area (Å²) in [6, 6.07) is 1.29. The molecule has 6 nitrogen and oxygen atoms in total. The van der Waals surface area contributed by atoms with Gasteiger partial charge in [0.1, 0.15) is 5.75 Å². The minimum atomic E-state index is -4.57. The summed E-state index contributed by atoms with van der Waals surface area (Å²) < 4.78 is 84.4. The van der Waals surface area contributed by atoms with Gasteiger partial charge in [0, 0.05) is 28.9 Å². The van der Waals surface area contributed by atoms with Gasteiger partial charge >= 0.3 is 15.1 Å². The Bertz CT molecular complexity index is 739. The van der Waals surface area contributed by atoms with E-state index >= 15 is 0 Å². The van der Waals surface area contributed by atoms with Gasteiger partial charge in [-0.3, -0.25) is 14.2 Å². The SMILES string of the molecule is CCN(C(C)C)C(C)C.O=C(CSS(=O)(=O)O)Oc1c(F)c(F)cc(F)c1F. The van der Waals surface area contributed by atoms with E-state index in [2.05, 4.69) is 44.3 Å². The Morgan fingerprint density at radius 2 is 1.54 bits per heavy atom. The van der Waals surface area contributed by atoms with Gasteiger partial charge in [0.2, 0.25) is 17.4 Å². The minimum absolute atomic E-state index is 0.0884. The molecule has 0 saturated heterocycles. The van der Waals surface area contributed by atoms with Gasteiger partial charge in [0.25, 0.3) is 0 Å². The van der Waals surface area contributed by atoms with E-state index in [0.717, 1.165) is 6.54 Å². The quantitative estimate of drug-likeness (QED) is 0.169. The lowest BCUT2D eigenvalue weighted by Gasteiger charge is -2.28. The molecular weight excluding hydrogens is 426 g/mol. The topological polar surface area (TPSA) is 83.9 Å². The summed E-state index contributed by atoms with van der Waals surface area (Å²) in [5, 5.41) is 0. The van der Waals surface area contributed by atoms with Crippen molar-refractivity contribution in [2.45, 2.75) is 46.7 Å². The number of benzene rings is 1. The first kappa shape index (κ1) is 26.6. The minimum Gasteiger partial charge on any atom is -0.419 e. The fourth-order valence-electron chi connectivity index (χ4n) is 2.23. The highest BCUT2D eigenvalue weighted by atomic mass is 33.1. The number of hydrogen-bond donors (Lipinski definition) is 1. The maximum Gasteiger partial charge on any atom is 0.322 e. The average molecular weight is 449 g/mol. The Morgan fingerprint density at radius 1 is 1.11 bits per heavy atom. The fourth-order valence-corrected chi connectivity index (χ4v) is 3.27. The zero-order valence-corrected chi connectivity index (χ0v) is 17.6. The van der Waals surface area contributed by atoms with Crippen LogP contribution in [0.25, 0.3) is 0 Å². The lowest BCUT2D eigenvalue weighted by molar-refractivity contribution is -0.131. The number of halogens is 4. The van der Waals surface area contributed by atoms with Gasteiger partial charge in [0.05, 0.1) is 0 Å². The summed E-state index contributed by atoms with van der Waals surface area (Å²) in [5.41, 5.74) is 0. The summed E-state index contributed by atoms with van der Waals surface area (Å²) in [6.45, 7) is 12.3. The van der Waals surface area contributed by atoms with Gasteiger partial charge in [-0.2, -0.15) is 17.2 Å². The number of esters is 1. The third kappa shape index (κ3) is 9.22. The molecule has 0 aromatic heterocycles. The Morgan fingerprint density at radius 3 is 1.82 bits per heavy atom. The molecule has 0 aliphatic heterocycles. The molecule has 1 N–H and O–H groups in total. The molecule has 1 aromatic carbocycles. The van der Waals surface area contributed by atoms with Crippen molar-refractivity contribution in [1.82, 2.24) is 4.90 Å². The van der Waals surface area contributed by atoms with Gasteiger partial charge < -0.3 is 4.74 Å². The van der Waals surface area contributed by atoms with E-state index in [4.69, 9.17) is 4.55 Å². The molecule has 12 heteroatoms. The molecule has 0 unspecified atom stereocenters. The normalized spacial score (nSPS) is 11.6. The first-order valence-electron chi connectivity index (χ1n) is 8.12. The van der Waals surface area contributed by atoms with Crippen LogP contribution >= 0.6 is 10.8 Å². The molecule has 0 amide bonds. The van der Waals surface area contributed by atoms with Crippen LogP contribution in [0, 0.1) is 23.3 Å². The molecule has 0 heterocycles. The molecule has 0 aliphatic rings. The second-order valence-electron chi connectivity index (χ2n) is 5.98. The Balaban J connectivity index is 0.000000684. The summed E-state index contributed by atoms with van der Waals surface area (Å²) in [4.78, 5) is 13.4. The highest BCUT2D eigenvalue weighted by Crippen LogP contribution is 2.27.